The zero-order valence-electron chi connectivity index (χ0n) is 17.8. The van der Waals surface area contributed by atoms with Gasteiger partial charge in [0, 0.05) is 37.6 Å². The van der Waals surface area contributed by atoms with Crippen molar-refractivity contribution in [3.05, 3.63) is 77.6 Å². The van der Waals surface area contributed by atoms with Crippen molar-refractivity contribution in [2.24, 2.45) is 0 Å². The Labute approximate surface area is 190 Å². The van der Waals surface area contributed by atoms with E-state index in [1.807, 2.05) is 0 Å². The summed E-state index contributed by atoms with van der Waals surface area (Å²) < 4.78 is 42.6. The fraction of sp³-hybridized carbons (Fsp3) is 0.227. The van der Waals surface area contributed by atoms with Gasteiger partial charge in [0.1, 0.15) is 11.6 Å². The van der Waals surface area contributed by atoms with Gasteiger partial charge in [-0.05, 0) is 48.9 Å². The minimum Gasteiger partial charge on any atom is -0.354 e. The summed E-state index contributed by atoms with van der Waals surface area (Å²) >= 11 is 0. The number of carbonyl (C=O) groups is 2. The van der Waals surface area contributed by atoms with E-state index in [4.69, 9.17) is 0 Å². The molecule has 2 amide bonds. The van der Waals surface area contributed by atoms with Crippen LogP contribution in [0.2, 0.25) is 0 Å². The molecule has 0 unspecified atom stereocenters. The van der Waals surface area contributed by atoms with Crippen molar-refractivity contribution in [1.82, 2.24) is 24.5 Å². The van der Waals surface area contributed by atoms with E-state index >= 15 is 0 Å². The number of nitrogens with zero attached hydrogens (tertiary/aromatic N) is 3. The van der Waals surface area contributed by atoms with Gasteiger partial charge < -0.3 is 15.2 Å². The van der Waals surface area contributed by atoms with Crippen LogP contribution in [0.1, 0.15) is 21.7 Å². The van der Waals surface area contributed by atoms with Gasteiger partial charge in [0.2, 0.25) is 15.9 Å². The van der Waals surface area contributed by atoms with Crippen molar-refractivity contribution in [2.75, 3.05) is 19.6 Å². The van der Waals surface area contributed by atoms with Crippen LogP contribution < -0.4 is 10.6 Å². The standard InChI is InChI=1S/C22H22FN5O4S/c1-15-24-9-11-28(15)20-7-2-16(12-19(20)23)13-26-22(30)17-3-5-18(6-4-17)33(31,32)27-10-8-25-21(29)14-27/h2-7,9,11-12H,8,10,13-14H2,1H3,(H,25,29)(H,26,30). The molecule has 0 radical (unpaired) electrons. The summed E-state index contributed by atoms with van der Waals surface area (Å²) in [5.74, 6) is -0.565. The van der Waals surface area contributed by atoms with Crippen LogP contribution >= 0.6 is 0 Å². The van der Waals surface area contributed by atoms with Gasteiger partial charge in [-0.25, -0.2) is 17.8 Å². The number of halogens is 1. The number of sulfonamides is 1. The van der Waals surface area contributed by atoms with Crippen LogP contribution in [0, 0.1) is 12.7 Å². The van der Waals surface area contributed by atoms with E-state index in [2.05, 4.69) is 15.6 Å². The van der Waals surface area contributed by atoms with Crippen molar-refractivity contribution in [1.29, 1.82) is 0 Å². The van der Waals surface area contributed by atoms with E-state index in [1.54, 1.807) is 36.0 Å². The summed E-state index contributed by atoms with van der Waals surface area (Å²) in [5.41, 5.74) is 1.20. The highest BCUT2D eigenvalue weighted by atomic mass is 32.2. The smallest absolute Gasteiger partial charge is 0.251 e. The lowest BCUT2D eigenvalue weighted by Gasteiger charge is -2.25. The number of carbonyl (C=O) groups excluding carboxylic acids is 2. The number of imidazole rings is 1. The van der Waals surface area contributed by atoms with Crippen molar-refractivity contribution in [3.8, 4) is 5.69 Å². The number of rotatable bonds is 6. The van der Waals surface area contributed by atoms with Crippen LogP contribution in [-0.2, 0) is 21.4 Å². The maximum atomic E-state index is 14.5. The molecule has 9 nitrogen and oxygen atoms in total. The first-order valence-electron chi connectivity index (χ1n) is 10.2. The van der Waals surface area contributed by atoms with Crippen LogP contribution in [0.15, 0.2) is 59.8 Å². The largest absolute Gasteiger partial charge is 0.354 e. The van der Waals surface area contributed by atoms with E-state index < -0.39 is 21.7 Å². The van der Waals surface area contributed by atoms with E-state index in [9.17, 15) is 22.4 Å². The zero-order valence-corrected chi connectivity index (χ0v) is 18.6. The molecule has 2 N–H and O–H groups in total. The third-order valence-corrected chi connectivity index (χ3v) is 7.17. The fourth-order valence-corrected chi connectivity index (χ4v) is 4.92. The molecule has 1 saturated heterocycles. The molecule has 0 aliphatic carbocycles. The highest BCUT2D eigenvalue weighted by Crippen LogP contribution is 2.19. The third kappa shape index (κ3) is 4.78. The molecule has 2 aromatic carbocycles. The lowest BCUT2D eigenvalue weighted by atomic mass is 10.1. The van der Waals surface area contributed by atoms with E-state index in [0.717, 1.165) is 4.31 Å². The number of hydrogen-bond acceptors (Lipinski definition) is 5. The second-order valence-electron chi connectivity index (χ2n) is 7.53. The Bertz CT molecular complexity index is 1300. The van der Waals surface area contributed by atoms with Gasteiger partial charge in [0.05, 0.1) is 17.1 Å². The first-order chi connectivity index (χ1) is 15.8. The molecule has 1 aromatic heterocycles. The predicted octanol–water partition coefficient (Wildman–Crippen LogP) is 1.37. The molecule has 0 saturated carbocycles. The summed E-state index contributed by atoms with van der Waals surface area (Å²) in [6.45, 7) is 2.07. The minimum absolute atomic E-state index is 0.00112. The quantitative estimate of drug-likeness (QED) is 0.564. The molecule has 4 rings (SSSR count). The molecule has 1 fully saturated rings. The van der Waals surface area contributed by atoms with Crippen LogP contribution in [0.5, 0.6) is 0 Å². The van der Waals surface area contributed by atoms with Gasteiger partial charge in [-0.15, -0.1) is 0 Å². The Hall–Kier alpha value is -3.57. The van der Waals surface area contributed by atoms with Crippen molar-refractivity contribution >= 4 is 21.8 Å². The van der Waals surface area contributed by atoms with Gasteiger partial charge in [-0.2, -0.15) is 4.31 Å². The maximum absolute atomic E-state index is 14.5. The van der Waals surface area contributed by atoms with Crippen LogP contribution in [0.25, 0.3) is 5.69 Å². The monoisotopic (exact) mass is 471 g/mol. The van der Waals surface area contributed by atoms with Gasteiger partial charge in [0.15, 0.2) is 0 Å². The third-order valence-electron chi connectivity index (χ3n) is 5.31. The Balaban J connectivity index is 1.41. The average Bonchev–Trinajstić information content (AvgIpc) is 3.23. The summed E-state index contributed by atoms with van der Waals surface area (Å²) in [4.78, 5) is 28.1. The van der Waals surface area contributed by atoms with Crippen molar-refractivity contribution in [3.63, 3.8) is 0 Å². The zero-order chi connectivity index (χ0) is 23.6. The molecule has 1 aliphatic rings. The van der Waals surface area contributed by atoms with Crippen LogP contribution in [0.3, 0.4) is 0 Å². The van der Waals surface area contributed by atoms with Crippen LogP contribution in [-0.4, -0.2) is 53.7 Å². The Kier molecular flexibility index (Phi) is 6.25. The lowest BCUT2D eigenvalue weighted by molar-refractivity contribution is -0.122. The molecule has 0 spiro atoms. The molecule has 172 valence electrons. The van der Waals surface area contributed by atoms with Gasteiger partial charge >= 0.3 is 0 Å². The summed E-state index contributed by atoms with van der Waals surface area (Å²) in [7, 11) is -3.83. The van der Waals surface area contributed by atoms with Gasteiger partial charge in [-0.1, -0.05) is 6.07 Å². The van der Waals surface area contributed by atoms with Crippen molar-refractivity contribution in [2.45, 2.75) is 18.4 Å². The Morgan fingerprint density at radius 2 is 1.97 bits per heavy atom. The number of amides is 2. The Morgan fingerprint density at radius 3 is 2.61 bits per heavy atom. The number of nitrogens with one attached hydrogen (secondary N) is 2. The summed E-state index contributed by atoms with van der Waals surface area (Å²) in [5, 5.41) is 5.28. The molecule has 3 aromatic rings. The Morgan fingerprint density at radius 1 is 1.21 bits per heavy atom. The molecule has 0 atom stereocenters. The molecule has 1 aliphatic heterocycles. The van der Waals surface area contributed by atoms with E-state index in [-0.39, 0.29) is 42.5 Å². The summed E-state index contributed by atoms with van der Waals surface area (Å²) in [6, 6.07) is 10.1. The van der Waals surface area contributed by atoms with E-state index in [1.165, 1.54) is 30.3 Å². The first kappa shape index (κ1) is 22.6. The molecular formula is C22H22FN5O4S. The SMILES string of the molecule is Cc1nccn1-c1ccc(CNC(=O)c2ccc(S(=O)(=O)N3CCNC(=O)C3)cc2)cc1F. The van der Waals surface area contributed by atoms with E-state index in [0.29, 0.717) is 17.1 Å². The highest BCUT2D eigenvalue weighted by Gasteiger charge is 2.29. The second kappa shape index (κ2) is 9.12. The second-order valence-corrected chi connectivity index (χ2v) is 9.46. The number of piperazine rings is 1. The number of aryl methyl sites for hydroxylation is 1. The molecule has 0 bridgehead atoms. The topological polar surface area (TPSA) is 113 Å². The number of hydrogen-bond donors (Lipinski definition) is 2. The normalized spacial score (nSPS) is 14.7. The number of benzene rings is 2. The predicted molar refractivity (Wildman–Crippen MR) is 118 cm³/mol. The fourth-order valence-electron chi connectivity index (χ4n) is 3.52. The lowest BCUT2D eigenvalue weighted by Crippen LogP contribution is -2.49. The molecule has 11 heteroatoms. The molecular weight excluding hydrogens is 449 g/mol. The minimum atomic E-state index is -3.83. The maximum Gasteiger partial charge on any atom is 0.251 e. The molecule has 33 heavy (non-hydrogen) atoms. The number of aromatic nitrogens is 2. The average molecular weight is 472 g/mol. The van der Waals surface area contributed by atoms with Gasteiger partial charge in [-0.3, -0.25) is 9.59 Å². The van der Waals surface area contributed by atoms with Gasteiger partial charge in [0.25, 0.3) is 5.91 Å². The van der Waals surface area contributed by atoms with Crippen molar-refractivity contribution < 1.29 is 22.4 Å². The van der Waals surface area contributed by atoms with Crippen LogP contribution in [0.4, 0.5) is 4.39 Å². The molecule has 2 heterocycles. The first-order valence-corrected chi connectivity index (χ1v) is 11.6. The summed E-state index contributed by atoms with van der Waals surface area (Å²) in [6.07, 6.45) is 3.25. The highest BCUT2D eigenvalue weighted by molar-refractivity contribution is 7.89.